The molecule has 2 aromatic carbocycles. The van der Waals surface area contributed by atoms with Gasteiger partial charge in [-0.15, -0.1) is 0 Å². The highest BCUT2D eigenvalue weighted by atomic mass is 16.5. The largest absolute Gasteiger partial charge is 0.488 e. The second-order valence-electron chi connectivity index (χ2n) is 4.71. The molecule has 1 heterocycles. The van der Waals surface area contributed by atoms with E-state index in [1.54, 1.807) is 24.3 Å². The Hall–Kier alpha value is -2.62. The predicted octanol–water partition coefficient (Wildman–Crippen LogP) is 1.84. The zero-order chi connectivity index (χ0) is 14.1. The summed E-state index contributed by atoms with van der Waals surface area (Å²) in [6.07, 6.45) is 0.0282. The van der Waals surface area contributed by atoms with E-state index in [2.05, 4.69) is 0 Å². The van der Waals surface area contributed by atoms with Crippen molar-refractivity contribution in [2.24, 2.45) is 5.73 Å². The van der Waals surface area contributed by atoms with Crippen LogP contribution in [0.1, 0.15) is 27.0 Å². The van der Waals surface area contributed by atoms with Gasteiger partial charge in [0.25, 0.3) is 0 Å². The maximum atomic E-state index is 12.7. The molecular weight excluding hydrogens is 254 g/mol. The summed E-state index contributed by atoms with van der Waals surface area (Å²) in [5.41, 5.74) is 7.75. The van der Waals surface area contributed by atoms with Gasteiger partial charge in [-0.3, -0.25) is 9.59 Å². The van der Waals surface area contributed by atoms with Crippen LogP contribution in [0.5, 0.6) is 5.75 Å². The van der Waals surface area contributed by atoms with Gasteiger partial charge in [-0.25, -0.2) is 0 Å². The Morgan fingerprint density at radius 2 is 1.95 bits per heavy atom. The summed E-state index contributed by atoms with van der Waals surface area (Å²) in [5, 5.41) is 0. The minimum Gasteiger partial charge on any atom is -0.488 e. The van der Waals surface area contributed by atoms with Crippen LogP contribution in [-0.2, 0) is 17.8 Å². The van der Waals surface area contributed by atoms with Gasteiger partial charge >= 0.3 is 0 Å². The van der Waals surface area contributed by atoms with Gasteiger partial charge in [0, 0.05) is 11.1 Å². The molecule has 100 valence electrons. The molecule has 1 aliphatic heterocycles. The fraction of sp³-hybridized carbons (Fsp3) is 0.125. The topological polar surface area (TPSA) is 69.4 Å². The van der Waals surface area contributed by atoms with Crippen LogP contribution in [0, 0.1) is 0 Å². The third-order valence-electron chi connectivity index (χ3n) is 3.35. The number of hydrogen-bond donors (Lipinski definition) is 1. The van der Waals surface area contributed by atoms with Gasteiger partial charge in [0.05, 0.1) is 12.0 Å². The number of nitrogens with two attached hydrogens (primary N) is 1. The van der Waals surface area contributed by atoms with Crippen LogP contribution in [0.15, 0.2) is 42.5 Å². The zero-order valence-corrected chi connectivity index (χ0v) is 10.8. The first-order chi connectivity index (χ1) is 9.66. The Labute approximate surface area is 116 Å². The Bertz CT molecular complexity index is 707. The quantitative estimate of drug-likeness (QED) is 0.902. The van der Waals surface area contributed by atoms with Crippen LogP contribution >= 0.6 is 0 Å². The molecule has 1 aliphatic rings. The van der Waals surface area contributed by atoms with E-state index in [1.165, 1.54) is 0 Å². The lowest BCUT2D eigenvalue weighted by Gasteiger charge is -2.10. The monoisotopic (exact) mass is 267 g/mol. The molecular formula is C16H13NO3. The van der Waals surface area contributed by atoms with E-state index in [9.17, 15) is 9.59 Å². The van der Waals surface area contributed by atoms with Crippen molar-refractivity contribution in [2.75, 3.05) is 0 Å². The highest BCUT2D eigenvalue weighted by Gasteiger charge is 2.24. The molecule has 2 aromatic rings. The SMILES string of the molecule is NC(=O)Cc1cccc2c1C(=O)c1ccccc1CO2. The molecule has 0 fully saturated rings. The molecule has 0 aliphatic carbocycles. The number of rotatable bonds is 2. The second-order valence-corrected chi connectivity index (χ2v) is 4.71. The van der Waals surface area contributed by atoms with Gasteiger partial charge in [0.15, 0.2) is 5.78 Å². The smallest absolute Gasteiger partial charge is 0.221 e. The molecule has 0 aromatic heterocycles. The lowest BCUT2D eigenvalue weighted by molar-refractivity contribution is -0.117. The molecule has 2 N–H and O–H groups in total. The van der Waals surface area contributed by atoms with Gasteiger partial charge < -0.3 is 10.5 Å². The highest BCUT2D eigenvalue weighted by molar-refractivity contribution is 6.13. The van der Waals surface area contributed by atoms with Crippen LogP contribution < -0.4 is 10.5 Å². The van der Waals surface area contributed by atoms with Gasteiger partial charge in [0.2, 0.25) is 5.91 Å². The molecule has 0 atom stereocenters. The van der Waals surface area contributed by atoms with Crippen molar-refractivity contribution in [2.45, 2.75) is 13.0 Å². The first-order valence-corrected chi connectivity index (χ1v) is 6.32. The third-order valence-corrected chi connectivity index (χ3v) is 3.35. The van der Waals surface area contributed by atoms with E-state index in [1.807, 2.05) is 18.2 Å². The summed E-state index contributed by atoms with van der Waals surface area (Å²) in [6, 6.07) is 12.6. The van der Waals surface area contributed by atoms with Gasteiger partial charge in [0.1, 0.15) is 12.4 Å². The van der Waals surface area contributed by atoms with Crippen LogP contribution in [0.4, 0.5) is 0 Å². The third kappa shape index (κ3) is 2.05. The van der Waals surface area contributed by atoms with Crippen LogP contribution in [0.25, 0.3) is 0 Å². The summed E-state index contributed by atoms with van der Waals surface area (Å²) in [6.45, 7) is 0.342. The Morgan fingerprint density at radius 1 is 1.15 bits per heavy atom. The maximum Gasteiger partial charge on any atom is 0.221 e. The number of benzene rings is 2. The maximum absolute atomic E-state index is 12.7. The molecule has 0 bridgehead atoms. The van der Waals surface area contributed by atoms with Crippen LogP contribution in [0.2, 0.25) is 0 Å². The van der Waals surface area contributed by atoms with E-state index in [-0.39, 0.29) is 12.2 Å². The summed E-state index contributed by atoms with van der Waals surface area (Å²) in [5.74, 6) is -0.0846. The number of ether oxygens (including phenoxy) is 1. The van der Waals surface area contributed by atoms with Crippen molar-refractivity contribution < 1.29 is 14.3 Å². The minimum absolute atomic E-state index is 0.0282. The molecule has 1 amide bonds. The number of fused-ring (bicyclic) bond motifs is 2. The molecule has 0 unspecified atom stereocenters. The van der Waals surface area contributed by atoms with Crippen molar-refractivity contribution >= 4 is 11.7 Å². The lowest BCUT2D eigenvalue weighted by Crippen LogP contribution is -2.16. The number of ketones is 1. The van der Waals surface area contributed by atoms with Crippen LogP contribution in [0.3, 0.4) is 0 Å². The number of hydrogen-bond acceptors (Lipinski definition) is 3. The highest BCUT2D eigenvalue weighted by Crippen LogP contribution is 2.31. The van der Waals surface area contributed by atoms with E-state index in [0.717, 1.165) is 5.56 Å². The molecule has 0 saturated heterocycles. The van der Waals surface area contributed by atoms with Gasteiger partial charge in [-0.2, -0.15) is 0 Å². The van der Waals surface area contributed by atoms with Gasteiger partial charge in [-0.05, 0) is 11.6 Å². The molecule has 0 saturated carbocycles. The van der Waals surface area contributed by atoms with Crippen molar-refractivity contribution in [1.29, 1.82) is 0 Å². The van der Waals surface area contributed by atoms with Crippen molar-refractivity contribution in [3.05, 3.63) is 64.7 Å². The molecule has 0 spiro atoms. The zero-order valence-electron chi connectivity index (χ0n) is 10.8. The molecule has 20 heavy (non-hydrogen) atoms. The Balaban J connectivity index is 2.18. The molecule has 0 radical (unpaired) electrons. The fourth-order valence-corrected chi connectivity index (χ4v) is 2.45. The number of amides is 1. The first-order valence-electron chi connectivity index (χ1n) is 6.32. The van der Waals surface area contributed by atoms with Crippen molar-refractivity contribution in [3.63, 3.8) is 0 Å². The Kier molecular flexibility index (Phi) is 2.99. The first kappa shape index (κ1) is 12.4. The Morgan fingerprint density at radius 3 is 2.75 bits per heavy atom. The summed E-state index contributed by atoms with van der Waals surface area (Å²) >= 11 is 0. The van der Waals surface area contributed by atoms with Crippen molar-refractivity contribution in [1.82, 2.24) is 0 Å². The summed E-state index contributed by atoms with van der Waals surface area (Å²) < 4.78 is 5.69. The summed E-state index contributed by atoms with van der Waals surface area (Å²) in [7, 11) is 0. The number of carbonyl (C=O) groups is 2. The normalized spacial score (nSPS) is 12.9. The van der Waals surface area contributed by atoms with E-state index >= 15 is 0 Å². The average molecular weight is 267 g/mol. The lowest BCUT2D eigenvalue weighted by atomic mass is 9.94. The second kappa shape index (κ2) is 4.81. The number of primary amides is 1. The van der Waals surface area contributed by atoms with Crippen molar-refractivity contribution in [3.8, 4) is 5.75 Å². The minimum atomic E-state index is -0.469. The van der Waals surface area contributed by atoms with E-state index in [4.69, 9.17) is 10.5 Å². The average Bonchev–Trinajstić information content (AvgIpc) is 2.57. The van der Waals surface area contributed by atoms with Crippen LogP contribution in [-0.4, -0.2) is 11.7 Å². The molecule has 4 heteroatoms. The van der Waals surface area contributed by atoms with E-state index in [0.29, 0.717) is 29.0 Å². The van der Waals surface area contributed by atoms with E-state index < -0.39 is 5.91 Å². The predicted molar refractivity (Wildman–Crippen MR) is 73.5 cm³/mol. The molecule has 3 rings (SSSR count). The number of carbonyl (C=O) groups excluding carboxylic acids is 2. The standard InChI is InChI=1S/C16H13NO3/c17-14(18)8-10-5-3-7-13-15(10)16(19)12-6-2-1-4-11(12)9-20-13/h1-7H,8-9H2,(H2,17,18). The molecule has 4 nitrogen and oxygen atoms in total. The van der Waals surface area contributed by atoms with Gasteiger partial charge in [-0.1, -0.05) is 36.4 Å². The summed E-state index contributed by atoms with van der Waals surface area (Å²) in [4.78, 5) is 23.9. The fourth-order valence-electron chi connectivity index (χ4n) is 2.45.